The number of carbonyl (C=O) groups excluding carboxylic acids is 6. The van der Waals surface area contributed by atoms with Gasteiger partial charge in [0.15, 0.2) is 0 Å². The van der Waals surface area contributed by atoms with Gasteiger partial charge in [0.25, 0.3) is 5.91 Å². The van der Waals surface area contributed by atoms with Crippen LogP contribution in [0.25, 0.3) is 0 Å². The minimum absolute atomic E-state index is 0.00220. The fourth-order valence-corrected chi connectivity index (χ4v) is 7.14. The molecule has 0 aliphatic carbocycles. The molecule has 2 heterocycles. The molecule has 1 aromatic rings. The van der Waals surface area contributed by atoms with E-state index in [9.17, 15) is 39.0 Å². The molecule has 3 unspecified atom stereocenters. The standard InChI is InChI=1S/C44H65N5O10/c1-26(2)39-42(55)46-35(25-31-15-11-16-32(24-31)58-8)43(56)49-22-12-17-34(48-49)44(57)59-37(28(4)14-10-19-38(52)45-7)18-9-13-27(3)23-36(51)30(6)40(53)33(41(54)47-39)21-20-29(5)50/h9-11,13-16,19,24,26-27,30,33-37,39-40,48,51,53H,12,17-18,20-23,25H2,1-8H3,(H,45,52)(H,46,55)(H,47,54)/b13-9+,19-10+,28-14+/t27?,30-,33+,34?,35?,36-,37-,39-,40+/m0/s1. The van der Waals surface area contributed by atoms with Crippen LogP contribution in [0.5, 0.6) is 5.75 Å². The van der Waals surface area contributed by atoms with Crippen LogP contribution in [-0.2, 0) is 39.9 Å². The predicted octanol–water partition coefficient (Wildman–Crippen LogP) is 2.85. The number of nitrogens with zero attached hydrogens (tertiary/aromatic N) is 1. The lowest BCUT2D eigenvalue weighted by Gasteiger charge is -2.36. The third-order valence-electron chi connectivity index (χ3n) is 10.9. The molecule has 1 fully saturated rings. The predicted molar refractivity (Wildman–Crippen MR) is 222 cm³/mol. The van der Waals surface area contributed by atoms with Gasteiger partial charge in [0.2, 0.25) is 17.7 Å². The van der Waals surface area contributed by atoms with Crippen LogP contribution in [0.1, 0.15) is 85.6 Å². The van der Waals surface area contributed by atoms with Crippen molar-refractivity contribution in [2.45, 2.75) is 123 Å². The molecule has 9 atom stereocenters. The Balaban J connectivity index is 2.09. The van der Waals surface area contributed by atoms with Crippen LogP contribution < -0.4 is 26.1 Å². The van der Waals surface area contributed by atoms with E-state index in [0.717, 1.165) is 0 Å². The van der Waals surface area contributed by atoms with E-state index in [4.69, 9.17) is 9.47 Å². The molecule has 1 aromatic carbocycles. The number of hydrazine groups is 1. The average Bonchev–Trinajstić information content (AvgIpc) is 3.20. The summed E-state index contributed by atoms with van der Waals surface area (Å²) in [6, 6.07) is 3.87. The summed E-state index contributed by atoms with van der Waals surface area (Å²) in [6.07, 6.45) is 6.50. The van der Waals surface area contributed by atoms with Crippen molar-refractivity contribution in [3.05, 3.63) is 65.8 Å². The maximum atomic E-state index is 14.4. The Morgan fingerprint density at radius 3 is 2.47 bits per heavy atom. The first-order valence-electron chi connectivity index (χ1n) is 20.6. The lowest BCUT2D eigenvalue weighted by atomic mass is 9.82. The lowest BCUT2D eigenvalue weighted by molar-refractivity contribution is -0.156. The SMILES string of the molecule is CNC(=O)/C=C/C=C(\C)[C@@H]1C/C=C/C(C)C[C@H](O)[C@H](C)[C@@H](O)[C@@H](CCC(C)=O)C(=O)N[C@@H](C(C)C)C(=O)NC(Cc2cccc(OC)c2)C(=O)N2CCCC(N2)C(=O)O1. The van der Waals surface area contributed by atoms with Crippen LogP contribution in [0, 0.1) is 23.7 Å². The third kappa shape index (κ3) is 15.0. The van der Waals surface area contributed by atoms with Crippen LogP contribution in [0.2, 0.25) is 0 Å². The first kappa shape index (κ1) is 48.5. The molecule has 2 bridgehead atoms. The Bertz CT molecular complexity index is 1710. The number of carbonyl (C=O) groups is 6. The molecule has 3 rings (SSSR count). The lowest BCUT2D eigenvalue weighted by Crippen LogP contribution is -2.62. The molecule has 0 spiro atoms. The van der Waals surface area contributed by atoms with Crippen molar-refractivity contribution >= 4 is 35.4 Å². The maximum Gasteiger partial charge on any atom is 0.325 e. The number of nitrogens with one attached hydrogen (secondary N) is 4. The van der Waals surface area contributed by atoms with Crippen LogP contribution in [0.3, 0.4) is 0 Å². The zero-order chi connectivity index (χ0) is 43.8. The molecular weight excluding hydrogens is 759 g/mol. The van der Waals surface area contributed by atoms with Gasteiger partial charge in [0, 0.05) is 44.8 Å². The fraction of sp³-hybridized carbons (Fsp3) is 0.591. The second kappa shape index (κ2) is 23.7. The zero-order valence-corrected chi connectivity index (χ0v) is 35.7. The van der Waals surface area contributed by atoms with Crippen molar-refractivity contribution in [2.75, 3.05) is 20.7 Å². The molecule has 1 saturated heterocycles. The molecule has 4 amide bonds. The maximum absolute atomic E-state index is 14.4. The molecule has 59 heavy (non-hydrogen) atoms. The second-order valence-corrected chi connectivity index (χ2v) is 16.1. The van der Waals surface area contributed by atoms with Crippen LogP contribution in [-0.4, -0.2) is 108 Å². The number of hydrogen-bond acceptors (Lipinski definition) is 11. The topological polar surface area (TPSA) is 213 Å². The van der Waals surface area contributed by atoms with Gasteiger partial charge < -0.3 is 40.4 Å². The summed E-state index contributed by atoms with van der Waals surface area (Å²) in [6.45, 7) is 10.4. The Hall–Kier alpha value is -4.86. The van der Waals surface area contributed by atoms with Crippen molar-refractivity contribution in [2.24, 2.45) is 23.7 Å². The molecule has 2 aliphatic heterocycles. The number of ketones is 1. The monoisotopic (exact) mass is 823 g/mol. The molecule has 0 radical (unpaired) electrons. The highest BCUT2D eigenvalue weighted by Crippen LogP contribution is 2.26. The van der Waals surface area contributed by atoms with E-state index in [1.54, 1.807) is 64.1 Å². The molecule has 326 valence electrons. The van der Waals surface area contributed by atoms with Crippen molar-refractivity contribution in [3.8, 4) is 5.75 Å². The van der Waals surface area contributed by atoms with Gasteiger partial charge in [-0.3, -0.25) is 29.0 Å². The first-order valence-corrected chi connectivity index (χ1v) is 20.6. The Kier molecular flexibility index (Phi) is 19.5. The number of ether oxygens (including phenoxy) is 2. The number of aliphatic hydroxyl groups excluding tert-OH is 2. The van der Waals surface area contributed by atoms with Crippen molar-refractivity contribution in [1.82, 2.24) is 26.4 Å². The minimum atomic E-state index is -1.37. The van der Waals surface area contributed by atoms with E-state index in [2.05, 4.69) is 21.4 Å². The summed E-state index contributed by atoms with van der Waals surface area (Å²) in [5.74, 6) is -4.94. The Morgan fingerprint density at radius 1 is 1.08 bits per heavy atom. The molecular formula is C44H65N5O10. The highest BCUT2D eigenvalue weighted by Gasteiger charge is 2.39. The number of cyclic esters (lactones) is 1. The summed E-state index contributed by atoms with van der Waals surface area (Å²) in [4.78, 5) is 80.3. The van der Waals surface area contributed by atoms with Gasteiger partial charge in [-0.05, 0) is 74.6 Å². The third-order valence-corrected chi connectivity index (χ3v) is 10.9. The van der Waals surface area contributed by atoms with Gasteiger partial charge in [-0.25, -0.2) is 5.43 Å². The minimum Gasteiger partial charge on any atom is -0.497 e. The summed E-state index contributed by atoms with van der Waals surface area (Å²) >= 11 is 0. The summed E-state index contributed by atoms with van der Waals surface area (Å²) in [5, 5.41) is 32.4. The average molecular weight is 824 g/mol. The quantitative estimate of drug-likeness (QED) is 0.0874. The fourth-order valence-electron chi connectivity index (χ4n) is 7.14. The van der Waals surface area contributed by atoms with E-state index >= 15 is 0 Å². The molecule has 0 aromatic heterocycles. The van der Waals surface area contributed by atoms with Crippen LogP contribution >= 0.6 is 0 Å². The highest BCUT2D eigenvalue weighted by molar-refractivity contribution is 5.93. The van der Waals surface area contributed by atoms with E-state index in [0.29, 0.717) is 29.7 Å². The summed E-state index contributed by atoms with van der Waals surface area (Å²) in [7, 11) is 3.03. The van der Waals surface area contributed by atoms with E-state index < -0.39 is 77.9 Å². The number of likely N-dealkylation sites (N-methyl/N-ethyl adjacent to an activating group) is 1. The number of rotatable bonds is 10. The van der Waals surface area contributed by atoms with E-state index in [-0.39, 0.29) is 56.3 Å². The molecule has 0 saturated carbocycles. The number of aliphatic hydroxyl groups is 2. The zero-order valence-electron chi connectivity index (χ0n) is 35.7. The number of Topliss-reactive ketones (excluding diaryl/α,β-unsaturated/α-hetero) is 1. The first-order chi connectivity index (χ1) is 27.9. The number of esters is 1. The van der Waals surface area contributed by atoms with Crippen LogP contribution in [0.15, 0.2) is 60.2 Å². The molecule has 15 nitrogen and oxygen atoms in total. The molecule has 15 heteroatoms. The Labute approximate surface area is 348 Å². The van der Waals surface area contributed by atoms with Gasteiger partial charge in [-0.15, -0.1) is 0 Å². The number of hydrogen-bond donors (Lipinski definition) is 6. The van der Waals surface area contributed by atoms with Gasteiger partial charge >= 0.3 is 5.97 Å². The van der Waals surface area contributed by atoms with Crippen LogP contribution in [0.4, 0.5) is 0 Å². The van der Waals surface area contributed by atoms with Crippen molar-refractivity contribution < 1.29 is 48.5 Å². The largest absolute Gasteiger partial charge is 0.497 e. The van der Waals surface area contributed by atoms with Crippen molar-refractivity contribution in [3.63, 3.8) is 0 Å². The second-order valence-electron chi connectivity index (χ2n) is 16.1. The number of amides is 4. The smallest absolute Gasteiger partial charge is 0.325 e. The number of allylic oxidation sites excluding steroid dienone is 3. The normalized spacial score (nSPS) is 29.1. The van der Waals surface area contributed by atoms with E-state index in [1.165, 1.54) is 32.2 Å². The number of methoxy groups -OCH3 is 1. The highest BCUT2D eigenvalue weighted by atomic mass is 16.5. The van der Waals surface area contributed by atoms with Gasteiger partial charge in [0.05, 0.1) is 25.2 Å². The summed E-state index contributed by atoms with van der Waals surface area (Å²) in [5.41, 5.74) is 4.37. The summed E-state index contributed by atoms with van der Waals surface area (Å²) < 4.78 is 11.5. The Morgan fingerprint density at radius 2 is 1.81 bits per heavy atom. The van der Waals surface area contributed by atoms with Gasteiger partial charge in [-0.1, -0.05) is 64.1 Å². The molecule has 6 N–H and O–H groups in total. The number of benzene rings is 1. The van der Waals surface area contributed by atoms with Crippen molar-refractivity contribution in [1.29, 1.82) is 0 Å². The van der Waals surface area contributed by atoms with E-state index in [1.807, 2.05) is 19.1 Å². The number of fused-ring (bicyclic) bond motifs is 2. The van der Waals surface area contributed by atoms with Gasteiger partial charge in [-0.2, -0.15) is 0 Å². The molecule has 2 aliphatic rings. The van der Waals surface area contributed by atoms with Gasteiger partial charge in [0.1, 0.15) is 35.8 Å².